The van der Waals surface area contributed by atoms with Crippen LogP contribution in [-0.4, -0.2) is 31.6 Å². The maximum absolute atomic E-state index is 12.0. The highest BCUT2D eigenvalue weighted by Gasteiger charge is 2.26. The Morgan fingerprint density at radius 3 is 1.94 bits per heavy atom. The summed E-state index contributed by atoms with van der Waals surface area (Å²) in [6, 6.07) is 5.97. The summed E-state index contributed by atoms with van der Waals surface area (Å²) in [5, 5.41) is 0. The molecule has 1 aromatic heterocycles. The van der Waals surface area contributed by atoms with Crippen LogP contribution in [0.2, 0.25) is 0 Å². The highest BCUT2D eigenvalue weighted by molar-refractivity contribution is 5.69. The molecule has 2 unspecified atom stereocenters. The van der Waals surface area contributed by atoms with Crippen molar-refractivity contribution in [2.45, 2.75) is 141 Å². The van der Waals surface area contributed by atoms with Gasteiger partial charge in [0.1, 0.15) is 19.3 Å². The van der Waals surface area contributed by atoms with E-state index in [9.17, 15) is 4.79 Å². The van der Waals surface area contributed by atoms with Gasteiger partial charge in [0, 0.05) is 18.6 Å². The molecule has 0 aromatic carbocycles. The number of aryl methyl sites for hydroxylation is 1. The lowest BCUT2D eigenvalue weighted by Crippen LogP contribution is -3.00. The molecular formula is C30H52ClNO4. The fourth-order valence-electron chi connectivity index (χ4n) is 4.68. The van der Waals surface area contributed by atoms with E-state index in [1.54, 1.807) is 0 Å². The van der Waals surface area contributed by atoms with Gasteiger partial charge in [0.2, 0.25) is 0 Å². The third-order valence-electron chi connectivity index (χ3n) is 6.86. The number of aromatic nitrogens is 1. The topological polar surface area (TPSA) is 48.6 Å². The average Bonchev–Trinajstić information content (AvgIpc) is 3.33. The summed E-state index contributed by atoms with van der Waals surface area (Å²) < 4.78 is 19.1. The molecule has 36 heavy (non-hydrogen) atoms. The molecule has 0 bridgehead atoms. The molecule has 1 fully saturated rings. The second-order valence-corrected chi connectivity index (χ2v) is 10.2. The number of pyridine rings is 1. The predicted molar refractivity (Wildman–Crippen MR) is 141 cm³/mol. The third-order valence-corrected chi connectivity index (χ3v) is 6.86. The first kappa shape index (κ1) is 32.9. The first-order valence-electron chi connectivity index (χ1n) is 14.6. The van der Waals surface area contributed by atoms with Crippen LogP contribution in [0.5, 0.6) is 0 Å². The minimum Gasteiger partial charge on any atom is -1.00 e. The van der Waals surface area contributed by atoms with Gasteiger partial charge in [-0.1, -0.05) is 103 Å². The lowest BCUT2D eigenvalue weighted by atomic mass is 10.0. The molecule has 1 aliphatic heterocycles. The van der Waals surface area contributed by atoms with Crippen LogP contribution in [0.15, 0.2) is 30.6 Å². The number of hydrogen-bond donors (Lipinski definition) is 0. The van der Waals surface area contributed by atoms with Crippen LogP contribution < -0.4 is 17.0 Å². The van der Waals surface area contributed by atoms with Crippen LogP contribution in [0.1, 0.15) is 122 Å². The molecule has 208 valence electrons. The first-order valence-corrected chi connectivity index (χ1v) is 14.6. The molecule has 0 radical (unpaired) electrons. The smallest absolute Gasteiger partial charge is 0.306 e. The molecule has 2 heterocycles. The van der Waals surface area contributed by atoms with Gasteiger partial charge in [-0.05, 0) is 12.8 Å². The Morgan fingerprint density at radius 1 is 0.806 bits per heavy atom. The second kappa shape index (κ2) is 23.0. The van der Waals surface area contributed by atoms with Crippen LogP contribution in [0.25, 0.3) is 0 Å². The van der Waals surface area contributed by atoms with Gasteiger partial charge in [0.25, 0.3) is 0 Å². The summed E-state index contributed by atoms with van der Waals surface area (Å²) in [6.07, 6.45) is 26.5. The number of nitrogens with zero attached hydrogens (tertiary/aromatic N) is 1. The van der Waals surface area contributed by atoms with Crippen molar-refractivity contribution in [3.05, 3.63) is 30.6 Å². The van der Waals surface area contributed by atoms with Crippen LogP contribution in [0.3, 0.4) is 0 Å². The zero-order chi connectivity index (χ0) is 24.8. The normalized spacial score (nSPS) is 17.1. The van der Waals surface area contributed by atoms with Gasteiger partial charge in [-0.15, -0.1) is 0 Å². The molecule has 6 heteroatoms. The molecule has 0 spiro atoms. The quantitative estimate of drug-likeness (QED) is 0.129. The number of carbonyl (C=O) groups is 1. The van der Waals surface area contributed by atoms with Crippen molar-refractivity contribution in [2.75, 3.05) is 13.2 Å². The number of halogens is 1. The number of carbonyl (C=O) groups excluding carboxylic acids is 1. The van der Waals surface area contributed by atoms with Gasteiger partial charge in [-0.25, -0.2) is 4.57 Å². The molecule has 1 saturated heterocycles. The zero-order valence-electron chi connectivity index (χ0n) is 22.8. The maximum atomic E-state index is 12.0. The maximum Gasteiger partial charge on any atom is 0.306 e. The Morgan fingerprint density at radius 2 is 1.36 bits per heavy atom. The predicted octanol–water partition coefficient (Wildman–Crippen LogP) is 4.30. The average molecular weight is 526 g/mol. The second-order valence-electron chi connectivity index (χ2n) is 10.2. The Labute approximate surface area is 227 Å². The zero-order valence-corrected chi connectivity index (χ0v) is 23.6. The van der Waals surface area contributed by atoms with Crippen LogP contribution in [0.4, 0.5) is 0 Å². The summed E-state index contributed by atoms with van der Waals surface area (Å²) >= 11 is 0. The molecule has 0 aliphatic carbocycles. The van der Waals surface area contributed by atoms with E-state index in [0.29, 0.717) is 19.6 Å². The fraction of sp³-hybridized carbons (Fsp3) is 0.800. The number of rotatable bonds is 22. The highest BCUT2D eigenvalue weighted by Crippen LogP contribution is 2.19. The lowest BCUT2D eigenvalue weighted by Gasteiger charge is -2.12. The molecular weight excluding hydrogens is 474 g/mol. The van der Waals surface area contributed by atoms with E-state index in [1.165, 1.54) is 89.9 Å². The van der Waals surface area contributed by atoms with Crippen molar-refractivity contribution < 1.29 is 36.0 Å². The number of hydrogen-bond acceptors (Lipinski definition) is 4. The van der Waals surface area contributed by atoms with Crippen molar-refractivity contribution in [3.8, 4) is 0 Å². The monoisotopic (exact) mass is 525 g/mol. The van der Waals surface area contributed by atoms with E-state index in [4.69, 9.17) is 14.2 Å². The number of esters is 1. The summed E-state index contributed by atoms with van der Waals surface area (Å²) in [5.41, 5.74) is 0. The first-order chi connectivity index (χ1) is 17.3. The molecule has 0 saturated carbocycles. The molecule has 1 aromatic rings. The molecule has 0 amide bonds. The van der Waals surface area contributed by atoms with E-state index in [0.717, 1.165) is 25.8 Å². The SMILES string of the molecule is CCCCCCCCCCCCCCCCCC1OCC(COC(=O)CCC[n+]2ccccc2)O1.[Cl-]. The Hall–Kier alpha value is -1.17. The van der Waals surface area contributed by atoms with Crippen molar-refractivity contribution in [1.29, 1.82) is 0 Å². The molecule has 2 atom stereocenters. The van der Waals surface area contributed by atoms with Crippen LogP contribution >= 0.6 is 0 Å². The van der Waals surface area contributed by atoms with Gasteiger partial charge < -0.3 is 26.6 Å². The van der Waals surface area contributed by atoms with Gasteiger partial charge in [0.05, 0.1) is 13.0 Å². The third kappa shape index (κ3) is 17.3. The van der Waals surface area contributed by atoms with Crippen LogP contribution in [-0.2, 0) is 25.5 Å². The minimum atomic E-state index is -0.156. The molecule has 5 nitrogen and oxygen atoms in total. The van der Waals surface area contributed by atoms with Gasteiger partial charge in [0.15, 0.2) is 18.7 Å². The van der Waals surface area contributed by atoms with Crippen LogP contribution in [0, 0.1) is 0 Å². The van der Waals surface area contributed by atoms with Gasteiger partial charge in [-0.3, -0.25) is 4.79 Å². The van der Waals surface area contributed by atoms with E-state index in [1.807, 2.05) is 30.6 Å². The van der Waals surface area contributed by atoms with E-state index in [-0.39, 0.29) is 30.8 Å². The van der Waals surface area contributed by atoms with E-state index in [2.05, 4.69) is 11.5 Å². The van der Waals surface area contributed by atoms with E-state index < -0.39 is 0 Å². The van der Waals surface area contributed by atoms with Crippen molar-refractivity contribution in [3.63, 3.8) is 0 Å². The fourth-order valence-corrected chi connectivity index (χ4v) is 4.68. The largest absolute Gasteiger partial charge is 1.00 e. The molecule has 0 N–H and O–H groups in total. The van der Waals surface area contributed by atoms with Crippen molar-refractivity contribution in [2.24, 2.45) is 0 Å². The Balaban J connectivity index is 0.00000648. The lowest BCUT2D eigenvalue weighted by molar-refractivity contribution is -0.697. The Kier molecular flexibility index (Phi) is 21.0. The summed E-state index contributed by atoms with van der Waals surface area (Å²) in [7, 11) is 0. The Bertz CT molecular complexity index is 631. The number of unbranched alkanes of at least 4 members (excludes halogenated alkanes) is 14. The van der Waals surface area contributed by atoms with Gasteiger partial charge in [-0.2, -0.15) is 0 Å². The number of ether oxygens (including phenoxy) is 3. The molecule has 1 aliphatic rings. The molecule has 2 rings (SSSR count). The van der Waals surface area contributed by atoms with Crippen molar-refractivity contribution >= 4 is 5.97 Å². The van der Waals surface area contributed by atoms with E-state index >= 15 is 0 Å². The van der Waals surface area contributed by atoms with Crippen molar-refractivity contribution in [1.82, 2.24) is 0 Å². The minimum absolute atomic E-state index is 0. The highest BCUT2D eigenvalue weighted by atomic mass is 35.5. The standard InChI is InChI=1S/C30H52NO4.ClH/c1-2-3-4-5-6-7-8-9-10-11-12-13-14-15-17-22-30-34-27-28(35-30)26-33-29(32)21-20-25-31-23-18-16-19-24-31;/h16,18-19,23-24,28,30H,2-15,17,20-22,25-27H2,1H3;1H/q+1;/p-1. The summed E-state index contributed by atoms with van der Waals surface area (Å²) in [4.78, 5) is 12.0. The van der Waals surface area contributed by atoms with Gasteiger partial charge >= 0.3 is 5.97 Å². The summed E-state index contributed by atoms with van der Waals surface area (Å²) in [5.74, 6) is -0.156. The summed E-state index contributed by atoms with van der Waals surface area (Å²) in [6.45, 7) is 3.93.